The average Bonchev–Trinajstić information content (AvgIpc) is 3.37. The quantitative estimate of drug-likeness (QED) is 0.843. The van der Waals surface area contributed by atoms with Gasteiger partial charge in [-0.05, 0) is 48.7 Å². The van der Waals surface area contributed by atoms with Gasteiger partial charge in [0.2, 0.25) is 0 Å². The Balaban J connectivity index is 1.87. The highest BCUT2D eigenvalue weighted by molar-refractivity contribution is 7.90. The normalized spacial score (nSPS) is 14.5. The molecule has 0 unspecified atom stereocenters. The molecule has 120 valence electrons. The summed E-state index contributed by atoms with van der Waals surface area (Å²) in [5.41, 5.74) is 1.42. The van der Waals surface area contributed by atoms with E-state index in [1.54, 1.807) is 24.5 Å². The van der Waals surface area contributed by atoms with Crippen LogP contribution in [-0.2, 0) is 16.4 Å². The Labute approximate surface area is 135 Å². The molecule has 1 fully saturated rings. The fourth-order valence-corrected chi connectivity index (χ4v) is 3.13. The summed E-state index contributed by atoms with van der Waals surface area (Å²) in [5.74, 6) is -0.130. The molecule has 3 rings (SSSR count). The molecule has 1 aromatic carbocycles. The number of benzene rings is 1. The smallest absolute Gasteiger partial charge is 0.254 e. The third kappa shape index (κ3) is 3.76. The van der Waals surface area contributed by atoms with Crippen LogP contribution in [0.4, 0.5) is 0 Å². The second-order valence-electron chi connectivity index (χ2n) is 5.82. The molecule has 0 bridgehead atoms. The lowest BCUT2D eigenvalue weighted by atomic mass is 10.1. The molecule has 1 heterocycles. The number of rotatable bonds is 5. The van der Waals surface area contributed by atoms with Crippen LogP contribution in [-0.4, -0.2) is 36.5 Å². The van der Waals surface area contributed by atoms with Crippen LogP contribution < -0.4 is 0 Å². The summed E-state index contributed by atoms with van der Waals surface area (Å²) in [4.78, 5) is 18.8. The first-order valence-electron chi connectivity index (χ1n) is 7.45. The topological polar surface area (TPSA) is 67.3 Å². The molecule has 0 aliphatic heterocycles. The predicted molar refractivity (Wildman–Crippen MR) is 86.7 cm³/mol. The fraction of sp³-hybridized carbons (Fsp3) is 0.294. The Morgan fingerprint density at radius 3 is 2.52 bits per heavy atom. The molecule has 1 aliphatic rings. The molecule has 1 aromatic heterocycles. The first-order valence-corrected chi connectivity index (χ1v) is 9.34. The molecular weight excluding hydrogens is 312 g/mol. The number of amides is 1. The summed E-state index contributed by atoms with van der Waals surface area (Å²) in [6.07, 6.45) is 6.53. The molecule has 5 nitrogen and oxygen atoms in total. The molecule has 0 spiro atoms. The van der Waals surface area contributed by atoms with Gasteiger partial charge in [-0.2, -0.15) is 0 Å². The highest BCUT2D eigenvalue weighted by Gasteiger charge is 2.33. The minimum Gasteiger partial charge on any atom is -0.331 e. The van der Waals surface area contributed by atoms with Gasteiger partial charge in [0.15, 0.2) is 9.84 Å². The van der Waals surface area contributed by atoms with Gasteiger partial charge in [-0.15, -0.1) is 0 Å². The van der Waals surface area contributed by atoms with Crippen LogP contribution in [0.15, 0.2) is 53.7 Å². The van der Waals surface area contributed by atoms with E-state index in [4.69, 9.17) is 0 Å². The van der Waals surface area contributed by atoms with Crippen molar-refractivity contribution in [3.63, 3.8) is 0 Å². The van der Waals surface area contributed by atoms with Crippen molar-refractivity contribution in [2.75, 3.05) is 6.26 Å². The van der Waals surface area contributed by atoms with Crippen LogP contribution in [0.25, 0.3) is 0 Å². The van der Waals surface area contributed by atoms with Crippen LogP contribution >= 0.6 is 0 Å². The Bertz CT molecular complexity index is 815. The van der Waals surface area contributed by atoms with Gasteiger partial charge in [0.05, 0.1) is 4.90 Å². The highest BCUT2D eigenvalue weighted by Crippen LogP contribution is 2.30. The van der Waals surface area contributed by atoms with Gasteiger partial charge in [-0.1, -0.05) is 6.07 Å². The van der Waals surface area contributed by atoms with Gasteiger partial charge in [0.1, 0.15) is 0 Å². The third-order valence-corrected chi connectivity index (χ3v) is 4.97. The van der Waals surface area contributed by atoms with E-state index in [0.29, 0.717) is 12.1 Å². The van der Waals surface area contributed by atoms with Crippen molar-refractivity contribution < 1.29 is 13.2 Å². The number of carbonyl (C=O) groups is 1. The van der Waals surface area contributed by atoms with Crippen molar-refractivity contribution in [2.24, 2.45) is 0 Å². The van der Waals surface area contributed by atoms with E-state index in [1.165, 1.54) is 12.1 Å². The molecule has 6 heteroatoms. The molecule has 0 atom stereocenters. The first-order chi connectivity index (χ1) is 10.9. The van der Waals surface area contributed by atoms with E-state index >= 15 is 0 Å². The Morgan fingerprint density at radius 2 is 1.91 bits per heavy atom. The van der Waals surface area contributed by atoms with Gasteiger partial charge in [0.25, 0.3) is 5.91 Å². The maximum absolute atomic E-state index is 12.8. The molecule has 0 saturated heterocycles. The summed E-state index contributed by atoms with van der Waals surface area (Å²) in [6, 6.07) is 10.2. The molecule has 2 aromatic rings. The number of sulfone groups is 1. The molecule has 1 aliphatic carbocycles. The van der Waals surface area contributed by atoms with E-state index < -0.39 is 9.84 Å². The number of carbonyl (C=O) groups excluding carboxylic acids is 1. The second kappa shape index (κ2) is 6.12. The molecule has 1 saturated carbocycles. The fourth-order valence-electron chi connectivity index (χ4n) is 2.46. The number of pyridine rings is 1. The maximum Gasteiger partial charge on any atom is 0.254 e. The van der Waals surface area contributed by atoms with E-state index in [2.05, 4.69) is 4.98 Å². The van der Waals surface area contributed by atoms with Gasteiger partial charge >= 0.3 is 0 Å². The van der Waals surface area contributed by atoms with Gasteiger partial charge in [-0.3, -0.25) is 9.78 Å². The maximum atomic E-state index is 12.8. The van der Waals surface area contributed by atoms with Crippen molar-refractivity contribution in [2.45, 2.75) is 30.3 Å². The Kier molecular flexibility index (Phi) is 4.17. The summed E-state index contributed by atoms with van der Waals surface area (Å²) < 4.78 is 23.4. The zero-order valence-corrected chi connectivity index (χ0v) is 13.7. The predicted octanol–water partition coefficient (Wildman–Crippen LogP) is 2.29. The number of aromatic nitrogens is 1. The molecular formula is C17H18N2O3S. The molecule has 0 N–H and O–H groups in total. The largest absolute Gasteiger partial charge is 0.331 e. The lowest BCUT2D eigenvalue weighted by Crippen LogP contribution is -2.32. The lowest BCUT2D eigenvalue weighted by molar-refractivity contribution is 0.0729. The third-order valence-electron chi connectivity index (χ3n) is 3.86. The Morgan fingerprint density at radius 1 is 1.22 bits per heavy atom. The van der Waals surface area contributed by atoms with Crippen LogP contribution in [0.2, 0.25) is 0 Å². The number of nitrogens with zero attached hydrogens (tertiary/aromatic N) is 2. The minimum absolute atomic E-state index is 0.130. The molecule has 1 amide bonds. The molecule has 0 radical (unpaired) electrons. The van der Waals surface area contributed by atoms with Crippen LogP contribution in [0.5, 0.6) is 0 Å². The molecule has 23 heavy (non-hydrogen) atoms. The van der Waals surface area contributed by atoms with Crippen molar-refractivity contribution in [3.05, 3.63) is 59.9 Å². The van der Waals surface area contributed by atoms with E-state index in [-0.39, 0.29) is 16.8 Å². The Hall–Kier alpha value is -2.21. The summed E-state index contributed by atoms with van der Waals surface area (Å²) in [5, 5.41) is 0. The van der Waals surface area contributed by atoms with E-state index in [1.807, 2.05) is 17.0 Å². The van der Waals surface area contributed by atoms with Crippen molar-refractivity contribution >= 4 is 15.7 Å². The lowest BCUT2D eigenvalue weighted by Gasteiger charge is -2.23. The summed E-state index contributed by atoms with van der Waals surface area (Å²) in [7, 11) is -3.33. The second-order valence-corrected chi connectivity index (χ2v) is 7.84. The van der Waals surface area contributed by atoms with Gasteiger partial charge < -0.3 is 4.90 Å². The highest BCUT2D eigenvalue weighted by atomic mass is 32.2. The van der Waals surface area contributed by atoms with Gasteiger partial charge in [0, 0.05) is 36.8 Å². The zero-order chi connectivity index (χ0) is 16.4. The number of hydrogen-bond donors (Lipinski definition) is 0. The number of hydrogen-bond acceptors (Lipinski definition) is 4. The van der Waals surface area contributed by atoms with Crippen LogP contribution in [0.1, 0.15) is 28.8 Å². The minimum atomic E-state index is -3.33. The average molecular weight is 330 g/mol. The first kappa shape index (κ1) is 15.7. The van der Waals surface area contributed by atoms with Crippen LogP contribution in [0, 0.1) is 0 Å². The monoisotopic (exact) mass is 330 g/mol. The van der Waals surface area contributed by atoms with Crippen molar-refractivity contribution in [3.8, 4) is 0 Å². The van der Waals surface area contributed by atoms with Crippen LogP contribution in [0.3, 0.4) is 0 Å². The SMILES string of the molecule is CS(=O)(=O)c1cccc(C(=O)N(Cc2ccncc2)C2CC2)c1. The van der Waals surface area contributed by atoms with E-state index in [0.717, 1.165) is 24.7 Å². The zero-order valence-electron chi connectivity index (χ0n) is 12.8. The van der Waals surface area contributed by atoms with Crippen molar-refractivity contribution in [1.29, 1.82) is 0 Å². The van der Waals surface area contributed by atoms with Crippen molar-refractivity contribution in [1.82, 2.24) is 9.88 Å². The van der Waals surface area contributed by atoms with E-state index in [9.17, 15) is 13.2 Å². The van der Waals surface area contributed by atoms with Gasteiger partial charge in [-0.25, -0.2) is 8.42 Å². The summed E-state index contributed by atoms with van der Waals surface area (Å²) >= 11 is 0. The standard InChI is InChI=1S/C17H18N2O3S/c1-23(21,22)16-4-2-3-14(11-16)17(20)19(15-5-6-15)12-13-7-9-18-10-8-13/h2-4,7-11,15H,5-6,12H2,1H3. The summed E-state index contributed by atoms with van der Waals surface area (Å²) in [6.45, 7) is 0.509.